The van der Waals surface area contributed by atoms with E-state index >= 15 is 0 Å². The number of nitrogens with one attached hydrogen (secondary N) is 1. The summed E-state index contributed by atoms with van der Waals surface area (Å²) in [4.78, 5) is 12.4. The van der Waals surface area contributed by atoms with Gasteiger partial charge in [-0.1, -0.05) is 19.1 Å². The van der Waals surface area contributed by atoms with Crippen molar-refractivity contribution in [3.63, 3.8) is 0 Å². The highest BCUT2D eigenvalue weighted by atomic mass is 32.1. The zero-order valence-corrected chi connectivity index (χ0v) is 10.2. The molecular formula is C12H17NO2S. The molecule has 1 aromatic rings. The number of thiol groups is 1. The van der Waals surface area contributed by atoms with E-state index in [2.05, 4.69) is 17.9 Å². The number of hydrogen-bond donors (Lipinski definition) is 3. The lowest BCUT2D eigenvalue weighted by Gasteiger charge is -2.11. The zero-order valence-electron chi connectivity index (χ0n) is 9.31. The molecular weight excluding hydrogens is 222 g/mol. The Labute approximate surface area is 101 Å². The summed E-state index contributed by atoms with van der Waals surface area (Å²) >= 11 is 4.22. The van der Waals surface area contributed by atoms with Gasteiger partial charge in [0, 0.05) is 18.0 Å². The van der Waals surface area contributed by atoms with Gasteiger partial charge in [-0.3, -0.25) is 4.79 Å². The summed E-state index contributed by atoms with van der Waals surface area (Å²) in [5.41, 5.74) is 0.585. The molecule has 1 unspecified atom stereocenters. The monoisotopic (exact) mass is 239 g/mol. The van der Waals surface area contributed by atoms with Crippen molar-refractivity contribution in [2.45, 2.75) is 18.2 Å². The molecule has 0 bridgehead atoms. The van der Waals surface area contributed by atoms with Crippen LogP contribution in [0.15, 0.2) is 29.2 Å². The molecule has 16 heavy (non-hydrogen) atoms. The molecule has 0 saturated carbocycles. The van der Waals surface area contributed by atoms with Gasteiger partial charge in [-0.15, -0.1) is 12.6 Å². The standard InChI is InChI=1S/C12H17NO2S/c1-9(6-7-14)8-13-12(15)10-4-2-3-5-11(10)16/h2-5,9,14,16H,6-8H2,1H3,(H,13,15). The van der Waals surface area contributed by atoms with Crippen LogP contribution in [-0.2, 0) is 0 Å². The molecule has 0 saturated heterocycles. The molecule has 1 rings (SSSR count). The summed E-state index contributed by atoms with van der Waals surface area (Å²) in [5, 5.41) is 11.6. The Morgan fingerprint density at radius 1 is 1.50 bits per heavy atom. The lowest BCUT2D eigenvalue weighted by atomic mass is 10.1. The predicted octanol–water partition coefficient (Wildman–Crippen LogP) is 1.72. The third-order valence-corrected chi connectivity index (χ3v) is 2.77. The van der Waals surface area contributed by atoms with Crippen molar-refractivity contribution < 1.29 is 9.90 Å². The quantitative estimate of drug-likeness (QED) is 0.685. The number of amides is 1. The Bertz CT molecular complexity index is 355. The van der Waals surface area contributed by atoms with Crippen molar-refractivity contribution in [2.75, 3.05) is 13.2 Å². The lowest BCUT2D eigenvalue weighted by Crippen LogP contribution is -2.28. The molecule has 0 radical (unpaired) electrons. The number of hydrogen-bond acceptors (Lipinski definition) is 3. The second-order valence-corrected chi connectivity index (χ2v) is 4.33. The highest BCUT2D eigenvalue weighted by Gasteiger charge is 2.09. The maximum absolute atomic E-state index is 11.8. The van der Waals surface area contributed by atoms with Gasteiger partial charge in [0.05, 0.1) is 5.56 Å². The number of aliphatic hydroxyl groups is 1. The van der Waals surface area contributed by atoms with Gasteiger partial charge in [-0.2, -0.15) is 0 Å². The summed E-state index contributed by atoms with van der Waals surface area (Å²) in [6.07, 6.45) is 0.697. The van der Waals surface area contributed by atoms with E-state index in [-0.39, 0.29) is 18.4 Å². The fraction of sp³-hybridized carbons (Fsp3) is 0.417. The molecule has 1 amide bonds. The van der Waals surface area contributed by atoms with E-state index in [9.17, 15) is 4.79 Å². The number of aliphatic hydroxyl groups excluding tert-OH is 1. The molecule has 0 aromatic heterocycles. The van der Waals surface area contributed by atoms with Gasteiger partial charge < -0.3 is 10.4 Å². The maximum Gasteiger partial charge on any atom is 0.252 e. The minimum absolute atomic E-state index is 0.115. The first-order chi connectivity index (χ1) is 7.65. The topological polar surface area (TPSA) is 49.3 Å². The first kappa shape index (κ1) is 13.1. The molecule has 0 fully saturated rings. The van der Waals surface area contributed by atoms with Crippen molar-refractivity contribution in [1.82, 2.24) is 5.32 Å². The van der Waals surface area contributed by atoms with Gasteiger partial charge in [0.1, 0.15) is 0 Å². The van der Waals surface area contributed by atoms with Crippen LogP contribution in [0.4, 0.5) is 0 Å². The molecule has 1 aromatic carbocycles. The van der Waals surface area contributed by atoms with Gasteiger partial charge in [-0.05, 0) is 24.5 Å². The molecule has 4 heteroatoms. The zero-order chi connectivity index (χ0) is 12.0. The van der Waals surface area contributed by atoms with E-state index in [1.807, 2.05) is 19.1 Å². The van der Waals surface area contributed by atoms with E-state index in [1.54, 1.807) is 12.1 Å². The van der Waals surface area contributed by atoms with Crippen molar-refractivity contribution >= 4 is 18.5 Å². The third kappa shape index (κ3) is 3.87. The van der Waals surface area contributed by atoms with Gasteiger partial charge in [0.2, 0.25) is 0 Å². The van der Waals surface area contributed by atoms with Crippen LogP contribution in [0.2, 0.25) is 0 Å². The largest absolute Gasteiger partial charge is 0.396 e. The average Bonchev–Trinajstić information content (AvgIpc) is 2.27. The molecule has 1 atom stereocenters. The highest BCUT2D eigenvalue weighted by Crippen LogP contribution is 2.12. The molecule has 88 valence electrons. The molecule has 0 heterocycles. The van der Waals surface area contributed by atoms with Crippen LogP contribution >= 0.6 is 12.6 Å². The molecule has 0 aliphatic heterocycles. The smallest absolute Gasteiger partial charge is 0.252 e. The number of carbonyl (C=O) groups excluding carboxylic acids is 1. The summed E-state index contributed by atoms with van der Waals surface area (Å²) in [6.45, 7) is 2.71. The lowest BCUT2D eigenvalue weighted by molar-refractivity contribution is 0.0942. The average molecular weight is 239 g/mol. The van der Waals surface area contributed by atoms with Gasteiger partial charge in [0.25, 0.3) is 5.91 Å². The van der Waals surface area contributed by atoms with Crippen LogP contribution in [0.5, 0.6) is 0 Å². The van der Waals surface area contributed by atoms with E-state index in [0.717, 1.165) is 0 Å². The normalized spacial score (nSPS) is 12.2. The summed E-state index contributed by atoms with van der Waals surface area (Å²) in [7, 11) is 0. The van der Waals surface area contributed by atoms with Crippen LogP contribution in [0.25, 0.3) is 0 Å². The maximum atomic E-state index is 11.8. The fourth-order valence-electron chi connectivity index (χ4n) is 1.35. The van der Waals surface area contributed by atoms with Crippen LogP contribution in [0.3, 0.4) is 0 Å². The van der Waals surface area contributed by atoms with Crippen molar-refractivity contribution in [2.24, 2.45) is 5.92 Å². The van der Waals surface area contributed by atoms with Crippen molar-refractivity contribution in [1.29, 1.82) is 0 Å². The first-order valence-corrected chi connectivity index (χ1v) is 5.77. The van der Waals surface area contributed by atoms with Crippen LogP contribution in [0, 0.1) is 5.92 Å². The minimum atomic E-state index is -0.115. The molecule has 0 aliphatic rings. The number of rotatable bonds is 5. The molecule has 2 N–H and O–H groups in total. The van der Waals surface area contributed by atoms with Crippen LogP contribution in [-0.4, -0.2) is 24.2 Å². The van der Waals surface area contributed by atoms with E-state index in [4.69, 9.17) is 5.11 Å². The molecule has 0 aliphatic carbocycles. The van der Waals surface area contributed by atoms with E-state index < -0.39 is 0 Å². The second kappa shape index (κ2) is 6.55. The first-order valence-electron chi connectivity index (χ1n) is 5.32. The van der Waals surface area contributed by atoms with E-state index in [0.29, 0.717) is 23.4 Å². The van der Waals surface area contributed by atoms with Crippen LogP contribution < -0.4 is 5.32 Å². The summed E-state index contributed by atoms with van der Waals surface area (Å²) < 4.78 is 0. The Balaban J connectivity index is 2.50. The summed E-state index contributed by atoms with van der Waals surface area (Å²) in [5.74, 6) is 0.163. The van der Waals surface area contributed by atoms with E-state index in [1.165, 1.54) is 0 Å². The SMILES string of the molecule is CC(CCO)CNC(=O)c1ccccc1S. The van der Waals surface area contributed by atoms with Crippen LogP contribution in [0.1, 0.15) is 23.7 Å². The second-order valence-electron chi connectivity index (χ2n) is 3.84. The molecule has 0 spiro atoms. The Morgan fingerprint density at radius 3 is 2.81 bits per heavy atom. The minimum Gasteiger partial charge on any atom is -0.396 e. The number of benzene rings is 1. The molecule has 3 nitrogen and oxygen atoms in total. The number of carbonyl (C=O) groups is 1. The Kier molecular flexibility index (Phi) is 5.35. The fourth-order valence-corrected chi connectivity index (χ4v) is 1.61. The predicted molar refractivity (Wildman–Crippen MR) is 66.9 cm³/mol. The van der Waals surface area contributed by atoms with Crippen molar-refractivity contribution in [3.8, 4) is 0 Å². The Hall–Kier alpha value is -1.00. The van der Waals surface area contributed by atoms with Gasteiger partial charge in [0.15, 0.2) is 0 Å². The third-order valence-electron chi connectivity index (χ3n) is 2.38. The Morgan fingerprint density at radius 2 is 2.19 bits per heavy atom. The van der Waals surface area contributed by atoms with Crippen molar-refractivity contribution in [3.05, 3.63) is 29.8 Å². The van der Waals surface area contributed by atoms with Gasteiger partial charge in [-0.25, -0.2) is 0 Å². The highest BCUT2D eigenvalue weighted by molar-refractivity contribution is 7.80. The summed E-state index contributed by atoms with van der Waals surface area (Å²) in [6, 6.07) is 7.18. The van der Waals surface area contributed by atoms with Gasteiger partial charge >= 0.3 is 0 Å².